The molecule has 0 aromatic heterocycles. The number of carbonyl (C=O) groups is 1. The molecule has 1 aromatic carbocycles. The van der Waals surface area contributed by atoms with Crippen molar-refractivity contribution in [1.82, 2.24) is 0 Å². The summed E-state index contributed by atoms with van der Waals surface area (Å²) in [6.07, 6.45) is 1.32. The van der Waals surface area contributed by atoms with Gasteiger partial charge in [0.1, 0.15) is 12.7 Å². The van der Waals surface area contributed by atoms with Crippen LogP contribution in [0.25, 0.3) is 0 Å². The minimum Gasteiger partial charge on any atom is -0.368 e. The minimum atomic E-state index is -0.429. The van der Waals surface area contributed by atoms with Crippen LogP contribution in [0.3, 0.4) is 0 Å². The highest BCUT2D eigenvalue weighted by atomic mass is 16.7. The van der Waals surface area contributed by atoms with Crippen LogP contribution >= 0.6 is 0 Å². The number of carbonyl (C=O) groups excluding carboxylic acids is 1. The minimum absolute atomic E-state index is 0.00372. The van der Waals surface area contributed by atoms with Gasteiger partial charge in [-0.25, -0.2) is 0 Å². The van der Waals surface area contributed by atoms with E-state index < -0.39 is 6.29 Å². The lowest BCUT2D eigenvalue weighted by atomic mass is 10.1. The summed E-state index contributed by atoms with van der Waals surface area (Å²) in [5.41, 5.74) is 1.12. The number of benzene rings is 1. The number of ether oxygens (including phenoxy) is 3. The van der Waals surface area contributed by atoms with Crippen LogP contribution in [0.15, 0.2) is 30.3 Å². The Bertz CT molecular complexity index is 390. The standard InChI is InChI=1S/C15H20O4/c1-12(16)10-19-15-14(8-5-9-17-15)18-11-13-6-3-2-4-7-13/h2-4,6-7,14-15H,5,8-11H2,1H3/t14-,15+/m0/s1. The van der Waals surface area contributed by atoms with Gasteiger partial charge in [-0.2, -0.15) is 0 Å². The van der Waals surface area contributed by atoms with Gasteiger partial charge in [0, 0.05) is 6.61 Å². The molecule has 19 heavy (non-hydrogen) atoms. The van der Waals surface area contributed by atoms with E-state index in [1.54, 1.807) is 0 Å². The highest BCUT2D eigenvalue weighted by Gasteiger charge is 2.27. The van der Waals surface area contributed by atoms with Gasteiger partial charge in [-0.1, -0.05) is 30.3 Å². The Balaban J connectivity index is 1.83. The Labute approximate surface area is 113 Å². The molecule has 1 saturated heterocycles. The molecule has 1 aliphatic rings. The average Bonchev–Trinajstić information content (AvgIpc) is 2.45. The summed E-state index contributed by atoms with van der Waals surface area (Å²) >= 11 is 0. The van der Waals surface area contributed by atoms with E-state index in [-0.39, 0.29) is 18.5 Å². The maximum absolute atomic E-state index is 11.0. The van der Waals surface area contributed by atoms with Crippen molar-refractivity contribution in [2.24, 2.45) is 0 Å². The van der Waals surface area contributed by atoms with Crippen molar-refractivity contribution in [2.75, 3.05) is 13.2 Å². The molecule has 0 radical (unpaired) electrons. The van der Waals surface area contributed by atoms with Crippen LogP contribution in [0.1, 0.15) is 25.3 Å². The number of ketones is 1. The third-order valence-corrected chi connectivity index (χ3v) is 2.98. The van der Waals surface area contributed by atoms with Gasteiger partial charge >= 0.3 is 0 Å². The van der Waals surface area contributed by atoms with E-state index in [1.807, 2.05) is 30.3 Å². The summed E-state index contributed by atoms with van der Waals surface area (Å²) in [5, 5.41) is 0. The number of rotatable bonds is 6. The van der Waals surface area contributed by atoms with Crippen molar-refractivity contribution in [2.45, 2.75) is 38.8 Å². The van der Waals surface area contributed by atoms with E-state index in [0.717, 1.165) is 18.4 Å². The van der Waals surface area contributed by atoms with Crippen LogP contribution in [0.5, 0.6) is 0 Å². The molecule has 2 atom stereocenters. The summed E-state index contributed by atoms with van der Waals surface area (Å²) in [6, 6.07) is 10.00. The third-order valence-electron chi connectivity index (χ3n) is 2.98. The van der Waals surface area contributed by atoms with Gasteiger partial charge in [-0.3, -0.25) is 4.79 Å². The molecule has 1 aliphatic heterocycles. The predicted octanol–water partition coefficient (Wildman–Crippen LogP) is 2.31. The topological polar surface area (TPSA) is 44.8 Å². The van der Waals surface area contributed by atoms with E-state index in [1.165, 1.54) is 6.92 Å². The Morgan fingerprint density at radius 2 is 2.11 bits per heavy atom. The van der Waals surface area contributed by atoms with Crippen molar-refractivity contribution < 1.29 is 19.0 Å². The molecule has 0 aliphatic carbocycles. The first-order chi connectivity index (χ1) is 9.25. The average molecular weight is 264 g/mol. The van der Waals surface area contributed by atoms with Crippen LogP contribution in [0.2, 0.25) is 0 Å². The summed E-state index contributed by atoms with van der Waals surface area (Å²) in [5.74, 6) is -0.00372. The van der Waals surface area contributed by atoms with Crippen molar-refractivity contribution in [1.29, 1.82) is 0 Å². The monoisotopic (exact) mass is 264 g/mol. The Hall–Kier alpha value is -1.23. The Morgan fingerprint density at radius 1 is 1.32 bits per heavy atom. The van der Waals surface area contributed by atoms with E-state index >= 15 is 0 Å². The van der Waals surface area contributed by atoms with Crippen LogP contribution in [-0.2, 0) is 25.6 Å². The molecule has 0 spiro atoms. The maximum atomic E-state index is 11.0. The van der Waals surface area contributed by atoms with Crippen molar-refractivity contribution >= 4 is 5.78 Å². The summed E-state index contributed by atoms with van der Waals surface area (Å²) in [4.78, 5) is 11.0. The second-order valence-corrected chi connectivity index (χ2v) is 4.73. The van der Waals surface area contributed by atoms with Crippen molar-refractivity contribution in [3.8, 4) is 0 Å². The molecular formula is C15H20O4. The van der Waals surface area contributed by atoms with Gasteiger partial charge in [0.25, 0.3) is 0 Å². The first-order valence-electron chi connectivity index (χ1n) is 6.64. The van der Waals surface area contributed by atoms with Gasteiger partial charge in [-0.05, 0) is 25.3 Å². The second-order valence-electron chi connectivity index (χ2n) is 4.73. The van der Waals surface area contributed by atoms with Gasteiger partial charge in [0.2, 0.25) is 0 Å². The fourth-order valence-corrected chi connectivity index (χ4v) is 2.02. The van der Waals surface area contributed by atoms with Gasteiger partial charge in [-0.15, -0.1) is 0 Å². The smallest absolute Gasteiger partial charge is 0.184 e. The Morgan fingerprint density at radius 3 is 2.84 bits per heavy atom. The molecule has 2 rings (SSSR count). The van der Waals surface area contributed by atoms with Crippen LogP contribution < -0.4 is 0 Å². The third kappa shape index (κ3) is 4.74. The molecule has 0 bridgehead atoms. The predicted molar refractivity (Wildman–Crippen MR) is 70.6 cm³/mol. The number of hydrogen-bond donors (Lipinski definition) is 0. The molecule has 1 heterocycles. The van der Waals surface area contributed by atoms with Crippen LogP contribution in [-0.4, -0.2) is 31.4 Å². The van der Waals surface area contributed by atoms with E-state index in [2.05, 4.69) is 0 Å². The van der Waals surface area contributed by atoms with E-state index in [4.69, 9.17) is 14.2 Å². The fourth-order valence-electron chi connectivity index (χ4n) is 2.02. The van der Waals surface area contributed by atoms with Gasteiger partial charge < -0.3 is 14.2 Å². The van der Waals surface area contributed by atoms with E-state index in [9.17, 15) is 4.79 Å². The molecule has 4 nitrogen and oxygen atoms in total. The summed E-state index contributed by atoms with van der Waals surface area (Å²) < 4.78 is 16.8. The lowest BCUT2D eigenvalue weighted by Gasteiger charge is -2.31. The zero-order valence-electron chi connectivity index (χ0n) is 11.2. The van der Waals surface area contributed by atoms with Crippen LogP contribution in [0, 0.1) is 0 Å². The molecule has 0 saturated carbocycles. The fraction of sp³-hybridized carbons (Fsp3) is 0.533. The highest BCUT2D eigenvalue weighted by molar-refractivity contribution is 5.76. The van der Waals surface area contributed by atoms with Gasteiger partial charge in [0.05, 0.1) is 6.61 Å². The first-order valence-corrected chi connectivity index (χ1v) is 6.64. The number of Topliss-reactive ketones (excluding diaryl/α,β-unsaturated/α-hetero) is 1. The quantitative estimate of drug-likeness (QED) is 0.791. The molecular weight excluding hydrogens is 244 g/mol. The lowest BCUT2D eigenvalue weighted by Crippen LogP contribution is -2.39. The van der Waals surface area contributed by atoms with Crippen molar-refractivity contribution in [3.05, 3.63) is 35.9 Å². The SMILES string of the molecule is CC(=O)CO[C@H]1OCCC[C@@H]1OCc1ccccc1. The largest absolute Gasteiger partial charge is 0.368 e. The number of hydrogen-bond acceptors (Lipinski definition) is 4. The zero-order valence-corrected chi connectivity index (χ0v) is 11.2. The zero-order chi connectivity index (χ0) is 13.5. The lowest BCUT2D eigenvalue weighted by molar-refractivity contribution is -0.228. The molecule has 0 amide bonds. The molecule has 104 valence electrons. The van der Waals surface area contributed by atoms with Crippen molar-refractivity contribution in [3.63, 3.8) is 0 Å². The molecule has 4 heteroatoms. The second kappa shape index (κ2) is 7.38. The maximum Gasteiger partial charge on any atom is 0.184 e. The highest BCUT2D eigenvalue weighted by Crippen LogP contribution is 2.19. The normalized spacial score (nSPS) is 23.2. The molecule has 1 aromatic rings. The summed E-state index contributed by atoms with van der Waals surface area (Å²) in [7, 11) is 0. The molecule has 1 fully saturated rings. The Kier molecular flexibility index (Phi) is 5.51. The summed E-state index contributed by atoms with van der Waals surface area (Å²) in [6.45, 7) is 2.78. The van der Waals surface area contributed by atoms with Crippen LogP contribution in [0.4, 0.5) is 0 Å². The first kappa shape index (κ1) is 14.2. The van der Waals surface area contributed by atoms with E-state index in [0.29, 0.717) is 13.2 Å². The molecule has 0 unspecified atom stereocenters. The molecule has 0 N–H and O–H groups in total. The van der Waals surface area contributed by atoms with Gasteiger partial charge in [0.15, 0.2) is 12.1 Å².